The van der Waals surface area contributed by atoms with Gasteiger partial charge in [0, 0.05) is 16.7 Å². The molecule has 0 saturated carbocycles. The zero-order valence-electron chi connectivity index (χ0n) is 8.43. The molecule has 0 unspecified atom stereocenters. The fourth-order valence-corrected chi connectivity index (χ4v) is 1.67. The number of rotatable bonds is 2. The Hall–Kier alpha value is -1.65. The van der Waals surface area contributed by atoms with Gasteiger partial charge in [-0.15, -0.1) is 0 Å². The first kappa shape index (κ1) is 11.8. The molecule has 0 aliphatic heterocycles. The van der Waals surface area contributed by atoms with Crippen LogP contribution in [0.2, 0.25) is 10.2 Å². The zero-order valence-corrected chi connectivity index (χ0v) is 9.94. The predicted octanol–water partition coefficient (Wildman–Crippen LogP) is 3.96. The summed E-state index contributed by atoms with van der Waals surface area (Å²) in [5.74, 6) is 0. The second-order valence-electron chi connectivity index (χ2n) is 3.27. The molecule has 0 bridgehead atoms. The molecule has 0 amide bonds. The van der Waals surface area contributed by atoms with E-state index in [2.05, 4.69) is 4.98 Å². The number of pyridine rings is 1. The lowest BCUT2D eigenvalue weighted by Gasteiger charge is -2.02. The van der Waals surface area contributed by atoms with Crippen molar-refractivity contribution in [2.24, 2.45) is 0 Å². The molecule has 0 radical (unpaired) electrons. The van der Waals surface area contributed by atoms with Gasteiger partial charge in [0.2, 0.25) is 0 Å². The molecule has 0 aliphatic rings. The van der Waals surface area contributed by atoms with E-state index in [1.807, 2.05) is 0 Å². The van der Waals surface area contributed by atoms with Crippen molar-refractivity contribution >= 4 is 28.9 Å². The van der Waals surface area contributed by atoms with Crippen molar-refractivity contribution in [2.45, 2.75) is 0 Å². The molecule has 1 heterocycles. The summed E-state index contributed by atoms with van der Waals surface area (Å²) in [6.07, 6.45) is 0. The summed E-state index contributed by atoms with van der Waals surface area (Å²) >= 11 is 11.5. The molecular weight excluding hydrogens is 263 g/mol. The number of benzene rings is 1. The van der Waals surface area contributed by atoms with Crippen LogP contribution in [0.4, 0.5) is 5.69 Å². The highest BCUT2D eigenvalue weighted by atomic mass is 35.5. The lowest BCUT2D eigenvalue weighted by atomic mass is 10.1. The van der Waals surface area contributed by atoms with E-state index in [0.717, 1.165) is 0 Å². The van der Waals surface area contributed by atoms with Crippen molar-refractivity contribution in [1.29, 1.82) is 0 Å². The highest BCUT2D eigenvalue weighted by Gasteiger charge is 2.17. The number of hydrogen-bond acceptors (Lipinski definition) is 3. The molecule has 17 heavy (non-hydrogen) atoms. The number of nitrogens with zero attached hydrogens (tertiary/aromatic N) is 2. The summed E-state index contributed by atoms with van der Waals surface area (Å²) in [4.78, 5) is 14.4. The van der Waals surface area contributed by atoms with Gasteiger partial charge in [0.05, 0.1) is 4.92 Å². The Labute approximate surface area is 107 Å². The minimum atomic E-state index is -0.493. The quantitative estimate of drug-likeness (QED) is 0.471. The van der Waals surface area contributed by atoms with Crippen molar-refractivity contribution < 1.29 is 4.92 Å². The van der Waals surface area contributed by atoms with Crippen LogP contribution in [-0.4, -0.2) is 9.91 Å². The van der Waals surface area contributed by atoms with Crippen molar-refractivity contribution in [3.63, 3.8) is 0 Å². The molecule has 0 saturated heterocycles. The van der Waals surface area contributed by atoms with E-state index in [1.165, 1.54) is 12.1 Å². The Bertz CT molecular complexity index is 570. The Kier molecular flexibility index (Phi) is 3.26. The Morgan fingerprint density at radius 2 is 1.71 bits per heavy atom. The lowest BCUT2D eigenvalue weighted by molar-refractivity contribution is -0.384. The second kappa shape index (κ2) is 4.69. The van der Waals surface area contributed by atoms with Gasteiger partial charge >= 0.3 is 0 Å². The fraction of sp³-hybridized carbons (Fsp3) is 0. The molecule has 1 aromatic heterocycles. The Balaban J connectivity index is 2.60. The normalized spacial score (nSPS) is 10.2. The number of halogens is 2. The molecule has 0 spiro atoms. The van der Waals surface area contributed by atoms with Crippen LogP contribution >= 0.6 is 23.2 Å². The average Bonchev–Trinajstić information content (AvgIpc) is 2.29. The maximum absolute atomic E-state index is 10.9. The molecule has 86 valence electrons. The van der Waals surface area contributed by atoms with Gasteiger partial charge in [-0.25, -0.2) is 4.98 Å². The van der Waals surface area contributed by atoms with Crippen LogP contribution in [-0.2, 0) is 0 Å². The molecule has 0 atom stereocenters. The smallest absolute Gasteiger partial charge is 0.258 e. The van der Waals surface area contributed by atoms with E-state index in [1.54, 1.807) is 24.3 Å². The number of aromatic nitrogens is 1. The van der Waals surface area contributed by atoms with Crippen molar-refractivity contribution in [3.8, 4) is 11.3 Å². The van der Waals surface area contributed by atoms with Crippen LogP contribution in [0.3, 0.4) is 0 Å². The molecule has 6 heteroatoms. The highest BCUT2D eigenvalue weighted by Crippen LogP contribution is 2.29. The lowest BCUT2D eigenvalue weighted by Crippen LogP contribution is -1.94. The Morgan fingerprint density at radius 1 is 1.06 bits per heavy atom. The average molecular weight is 269 g/mol. The topological polar surface area (TPSA) is 56.0 Å². The summed E-state index contributed by atoms with van der Waals surface area (Å²) in [6.45, 7) is 0. The third-order valence-electron chi connectivity index (χ3n) is 2.15. The van der Waals surface area contributed by atoms with Crippen LogP contribution in [0.1, 0.15) is 0 Å². The van der Waals surface area contributed by atoms with E-state index in [-0.39, 0.29) is 16.5 Å². The number of nitro groups is 1. The first-order valence-corrected chi connectivity index (χ1v) is 5.40. The third-order valence-corrected chi connectivity index (χ3v) is 2.62. The van der Waals surface area contributed by atoms with E-state index >= 15 is 0 Å². The molecular formula is C11H6Cl2N2O2. The summed E-state index contributed by atoms with van der Waals surface area (Å²) < 4.78 is 0. The minimum Gasteiger partial charge on any atom is -0.258 e. The van der Waals surface area contributed by atoms with E-state index in [9.17, 15) is 10.1 Å². The molecule has 0 aliphatic carbocycles. The monoisotopic (exact) mass is 268 g/mol. The first-order valence-electron chi connectivity index (χ1n) is 4.65. The maximum atomic E-state index is 10.9. The summed E-state index contributed by atoms with van der Waals surface area (Å²) in [5.41, 5.74) is 0.750. The zero-order chi connectivity index (χ0) is 12.4. The summed E-state index contributed by atoms with van der Waals surface area (Å²) in [6, 6.07) is 9.33. The predicted molar refractivity (Wildman–Crippen MR) is 66.3 cm³/mol. The largest absolute Gasteiger partial charge is 0.295 e. The molecule has 2 aromatic rings. The molecule has 1 aromatic carbocycles. The van der Waals surface area contributed by atoms with Gasteiger partial charge in [-0.3, -0.25) is 10.1 Å². The van der Waals surface area contributed by atoms with Crippen LogP contribution in [0, 0.1) is 10.1 Å². The molecule has 4 nitrogen and oxygen atoms in total. The van der Waals surface area contributed by atoms with Crippen LogP contribution in [0.25, 0.3) is 11.3 Å². The standard InChI is InChI=1S/C11H6Cl2N2O2/c12-8-3-1-7(2-4-8)11-9(15(16)17)5-6-10(13)14-11/h1-6H. The molecule has 0 N–H and O–H groups in total. The van der Waals surface area contributed by atoms with Gasteiger partial charge in [-0.2, -0.15) is 0 Å². The van der Waals surface area contributed by atoms with Crippen molar-refractivity contribution in [3.05, 3.63) is 56.7 Å². The van der Waals surface area contributed by atoms with E-state index in [4.69, 9.17) is 23.2 Å². The van der Waals surface area contributed by atoms with Gasteiger partial charge in [-0.05, 0) is 18.2 Å². The summed E-state index contributed by atoms with van der Waals surface area (Å²) in [5, 5.41) is 11.6. The van der Waals surface area contributed by atoms with Gasteiger partial charge in [0.15, 0.2) is 0 Å². The van der Waals surface area contributed by atoms with Crippen LogP contribution in [0.15, 0.2) is 36.4 Å². The van der Waals surface area contributed by atoms with Gasteiger partial charge < -0.3 is 0 Å². The summed E-state index contributed by atoms with van der Waals surface area (Å²) in [7, 11) is 0. The SMILES string of the molecule is O=[N+]([O-])c1ccc(Cl)nc1-c1ccc(Cl)cc1. The van der Waals surface area contributed by atoms with Gasteiger partial charge in [0.25, 0.3) is 5.69 Å². The third kappa shape index (κ3) is 2.54. The minimum absolute atomic E-state index is 0.0864. The highest BCUT2D eigenvalue weighted by molar-refractivity contribution is 6.30. The van der Waals surface area contributed by atoms with Crippen LogP contribution < -0.4 is 0 Å². The van der Waals surface area contributed by atoms with E-state index in [0.29, 0.717) is 10.6 Å². The number of hydrogen-bond donors (Lipinski definition) is 0. The van der Waals surface area contributed by atoms with Crippen molar-refractivity contribution in [2.75, 3.05) is 0 Å². The van der Waals surface area contributed by atoms with Gasteiger partial charge in [-0.1, -0.05) is 35.3 Å². The van der Waals surface area contributed by atoms with E-state index < -0.39 is 4.92 Å². The first-order chi connectivity index (χ1) is 8.08. The molecule has 0 fully saturated rings. The Morgan fingerprint density at radius 3 is 2.29 bits per heavy atom. The molecule has 2 rings (SSSR count). The fourth-order valence-electron chi connectivity index (χ4n) is 1.40. The maximum Gasteiger partial charge on any atom is 0.295 e. The van der Waals surface area contributed by atoms with Crippen LogP contribution in [0.5, 0.6) is 0 Å². The van der Waals surface area contributed by atoms with Crippen molar-refractivity contribution in [1.82, 2.24) is 4.98 Å². The van der Waals surface area contributed by atoms with Gasteiger partial charge in [0.1, 0.15) is 10.8 Å². The second-order valence-corrected chi connectivity index (χ2v) is 4.09.